The number of carbonyl (C=O) groups excluding carboxylic acids is 3. The Morgan fingerprint density at radius 1 is 0.829 bits per heavy atom. The third kappa shape index (κ3) is 8.48. The van der Waals surface area contributed by atoms with Gasteiger partial charge in [0.2, 0.25) is 5.91 Å². The Bertz CT molecular complexity index is 1540. The SMILES string of the molecule is COc1ccccc1NC(=O)C(C)Sc1ccc(NC(=O)/C(=C/c2ccc(Cl)cc2)NC(=O)c2ccccc2)cc1. The molecule has 4 rings (SSSR count). The van der Waals surface area contributed by atoms with Crippen molar-refractivity contribution in [1.29, 1.82) is 0 Å². The minimum Gasteiger partial charge on any atom is -0.495 e. The van der Waals surface area contributed by atoms with Gasteiger partial charge in [0.1, 0.15) is 11.4 Å². The maximum Gasteiger partial charge on any atom is 0.272 e. The number of rotatable bonds is 10. The Morgan fingerprint density at radius 2 is 1.49 bits per heavy atom. The highest BCUT2D eigenvalue weighted by molar-refractivity contribution is 8.00. The van der Waals surface area contributed by atoms with Crippen LogP contribution in [0.25, 0.3) is 6.08 Å². The van der Waals surface area contributed by atoms with Crippen LogP contribution in [-0.4, -0.2) is 30.1 Å². The number of carbonyl (C=O) groups is 3. The van der Waals surface area contributed by atoms with E-state index in [0.717, 1.165) is 4.90 Å². The summed E-state index contributed by atoms with van der Waals surface area (Å²) in [5.74, 6) is -0.479. The van der Waals surface area contributed by atoms with Crippen molar-refractivity contribution in [2.45, 2.75) is 17.1 Å². The van der Waals surface area contributed by atoms with Crippen LogP contribution in [0.5, 0.6) is 5.75 Å². The van der Waals surface area contributed by atoms with Crippen LogP contribution in [-0.2, 0) is 9.59 Å². The van der Waals surface area contributed by atoms with Gasteiger partial charge in [-0.3, -0.25) is 14.4 Å². The Kier molecular flexibility index (Phi) is 10.2. The Labute approximate surface area is 248 Å². The van der Waals surface area contributed by atoms with E-state index in [-0.39, 0.29) is 16.9 Å². The molecule has 0 aliphatic carbocycles. The number of halogens is 1. The van der Waals surface area contributed by atoms with Crippen molar-refractivity contribution in [2.24, 2.45) is 0 Å². The van der Waals surface area contributed by atoms with Crippen molar-refractivity contribution < 1.29 is 19.1 Å². The molecule has 41 heavy (non-hydrogen) atoms. The molecule has 208 valence electrons. The zero-order valence-electron chi connectivity index (χ0n) is 22.4. The van der Waals surface area contributed by atoms with Gasteiger partial charge in [-0.2, -0.15) is 0 Å². The molecule has 1 atom stereocenters. The fourth-order valence-corrected chi connectivity index (χ4v) is 4.72. The van der Waals surface area contributed by atoms with Crippen molar-refractivity contribution in [2.75, 3.05) is 17.7 Å². The summed E-state index contributed by atoms with van der Waals surface area (Å²) >= 11 is 7.38. The first kappa shape index (κ1) is 29.5. The van der Waals surface area contributed by atoms with Gasteiger partial charge in [-0.15, -0.1) is 11.8 Å². The predicted molar refractivity (Wildman–Crippen MR) is 165 cm³/mol. The molecule has 7 nitrogen and oxygen atoms in total. The second-order valence-corrected chi connectivity index (χ2v) is 10.7. The minimum atomic E-state index is -0.491. The molecule has 3 amide bonds. The molecule has 0 radical (unpaired) electrons. The van der Waals surface area contributed by atoms with Gasteiger partial charge in [0, 0.05) is 21.2 Å². The highest BCUT2D eigenvalue weighted by Gasteiger charge is 2.18. The molecule has 0 fully saturated rings. The second kappa shape index (κ2) is 14.2. The summed E-state index contributed by atoms with van der Waals surface area (Å²) in [6, 6.07) is 29.9. The van der Waals surface area contributed by atoms with Crippen molar-refractivity contribution in [1.82, 2.24) is 5.32 Å². The van der Waals surface area contributed by atoms with Gasteiger partial charge in [-0.05, 0) is 79.2 Å². The molecule has 0 heterocycles. The number of methoxy groups -OCH3 is 1. The van der Waals surface area contributed by atoms with Crippen molar-refractivity contribution in [3.8, 4) is 5.75 Å². The number of ether oxygens (including phenoxy) is 1. The van der Waals surface area contributed by atoms with Gasteiger partial charge in [0.25, 0.3) is 11.8 Å². The molecule has 0 spiro atoms. The molecule has 3 N–H and O–H groups in total. The lowest BCUT2D eigenvalue weighted by Gasteiger charge is -2.15. The molecule has 0 bridgehead atoms. The molecule has 0 aromatic heterocycles. The molecule has 9 heteroatoms. The van der Waals surface area contributed by atoms with Crippen molar-refractivity contribution in [3.63, 3.8) is 0 Å². The number of hydrogen-bond acceptors (Lipinski definition) is 5. The average Bonchev–Trinajstić information content (AvgIpc) is 2.99. The van der Waals surface area contributed by atoms with E-state index < -0.39 is 11.8 Å². The highest BCUT2D eigenvalue weighted by Crippen LogP contribution is 2.28. The van der Waals surface area contributed by atoms with Crippen LogP contribution in [0.15, 0.2) is 114 Å². The number of thioether (sulfide) groups is 1. The smallest absolute Gasteiger partial charge is 0.272 e. The third-order valence-electron chi connectivity index (χ3n) is 5.87. The van der Waals surface area contributed by atoms with Gasteiger partial charge in [0.05, 0.1) is 18.0 Å². The topological polar surface area (TPSA) is 96.5 Å². The van der Waals surface area contributed by atoms with Crippen LogP contribution >= 0.6 is 23.4 Å². The fraction of sp³-hybridized carbons (Fsp3) is 0.0938. The highest BCUT2D eigenvalue weighted by atomic mass is 35.5. The van der Waals surface area contributed by atoms with Crippen molar-refractivity contribution >= 4 is 58.5 Å². The molecular formula is C32H28ClN3O4S. The van der Waals surface area contributed by atoms with Gasteiger partial charge in [0.15, 0.2) is 0 Å². The van der Waals surface area contributed by atoms with E-state index >= 15 is 0 Å². The Hall–Kier alpha value is -4.53. The lowest BCUT2D eigenvalue weighted by Crippen LogP contribution is -2.30. The maximum atomic E-state index is 13.2. The summed E-state index contributed by atoms with van der Waals surface area (Å²) in [6.45, 7) is 1.81. The number of amides is 3. The van der Waals surface area contributed by atoms with E-state index in [9.17, 15) is 14.4 Å². The van der Waals surface area contributed by atoms with Crippen LogP contribution < -0.4 is 20.7 Å². The van der Waals surface area contributed by atoms with E-state index in [1.807, 2.05) is 37.3 Å². The second-order valence-electron chi connectivity index (χ2n) is 8.86. The van der Waals surface area contributed by atoms with E-state index in [0.29, 0.717) is 33.3 Å². The van der Waals surface area contributed by atoms with Crippen LogP contribution in [0.2, 0.25) is 5.02 Å². The number of nitrogens with one attached hydrogen (secondary N) is 3. The molecular weight excluding hydrogens is 558 g/mol. The first-order chi connectivity index (χ1) is 19.8. The van der Waals surface area contributed by atoms with Gasteiger partial charge >= 0.3 is 0 Å². The Morgan fingerprint density at radius 3 is 2.17 bits per heavy atom. The monoisotopic (exact) mass is 585 g/mol. The zero-order chi connectivity index (χ0) is 29.2. The largest absolute Gasteiger partial charge is 0.495 e. The summed E-state index contributed by atoms with van der Waals surface area (Å²) in [4.78, 5) is 39.6. The molecule has 0 saturated carbocycles. The van der Waals surface area contributed by atoms with Crippen molar-refractivity contribution in [3.05, 3.63) is 125 Å². The summed E-state index contributed by atoms with van der Waals surface area (Å²) in [6.07, 6.45) is 1.58. The molecule has 0 aliphatic rings. The molecule has 4 aromatic carbocycles. The van der Waals surface area contributed by atoms with E-state index in [4.69, 9.17) is 16.3 Å². The average molecular weight is 586 g/mol. The first-order valence-electron chi connectivity index (χ1n) is 12.7. The standard InChI is InChI=1S/C32H28ClN3O4S/c1-21(30(37)35-27-10-6-7-11-29(27)40-2)41-26-18-16-25(17-19-26)34-32(39)28(20-22-12-14-24(33)15-13-22)36-31(38)23-8-4-3-5-9-23/h3-21H,1-2H3,(H,34,39)(H,35,37)(H,36,38)/b28-20-. The number of hydrogen-bond donors (Lipinski definition) is 3. The molecule has 0 saturated heterocycles. The van der Waals surface area contributed by atoms with E-state index in [1.54, 1.807) is 86.0 Å². The summed E-state index contributed by atoms with van der Waals surface area (Å²) in [5.41, 5.74) is 2.32. The lowest BCUT2D eigenvalue weighted by molar-refractivity contribution is -0.115. The molecule has 0 aliphatic heterocycles. The minimum absolute atomic E-state index is 0.0706. The van der Waals surface area contributed by atoms with Crippen LogP contribution in [0, 0.1) is 0 Å². The summed E-state index contributed by atoms with van der Waals surface area (Å²) in [5, 5.41) is 8.61. The van der Waals surface area contributed by atoms with Crippen LogP contribution in [0.4, 0.5) is 11.4 Å². The van der Waals surface area contributed by atoms with Crippen LogP contribution in [0.1, 0.15) is 22.8 Å². The third-order valence-corrected chi connectivity index (χ3v) is 7.23. The Balaban J connectivity index is 1.43. The lowest BCUT2D eigenvalue weighted by atomic mass is 10.1. The summed E-state index contributed by atoms with van der Waals surface area (Å²) < 4.78 is 5.30. The first-order valence-corrected chi connectivity index (χ1v) is 13.9. The van der Waals surface area contributed by atoms with E-state index in [2.05, 4.69) is 16.0 Å². The quantitative estimate of drug-likeness (QED) is 0.139. The molecule has 1 unspecified atom stereocenters. The number of para-hydroxylation sites is 2. The normalized spacial score (nSPS) is 11.7. The molecule has 4 aromatic rings. The van der Waals surface area contributed by atoms with Gasteiger partial charge in [-0.25, -0.2) is 0 Å². The number of benzene rings is 4. The van der Waals surface area contributed by atoms with Crippen LogP contribution in [0.3, 0.4) is 0 Å². The van der Waals surface area contributed by atoms with Gasteiger partial charge in [-0.1, -0.05) is 54.1 Å². The fourth-order valence-electron chi connectivity index (χ4n) is 3.72. The van der Waals surface area contributed by atoms with E-state index in [1.165, 1.54) is 11.8 Å². The summed E-state index contributed by atoms with van der Waals surface area (Å²) in [7, 11) is 1.55. The predicted octanol–water partition coefficient (Wildman–Crippen LogP) is 6.88. The maximum absolute atomic E-state index is 13.2. The zero-order valence-corrected chi connectivity index (χ0v) is 24.0. The van der Waals surface area contributed by atoms with Gasteiger partial charge < -0.3 is 20.7 Å². The number of anilines is 2.